The van der Waals surface area contributed by atoms with Crippen LogP contribution in [0, 0.1) is 0 Å². The first kappa shape index (κ1) is 11.3. The lowest BCUT2D eigenvalue weighted by molar-refractivity contribution is -0.146. The van der Waals surface area contributed by atoms with Crippen LogP contribution in [-0.4, -0.2) is 27.8 Å². The fourth-order valence-electron chi connectivity index (χ4n) is 1.03. The molecule has 78 valence electrons. The molecule has 0 saturated heterocycles. The van der Waals surface area contributed by atoms with Gasteiger partial charge in [0.25, 0.3) is 0 Å². The van der Waals surface area contributed by atoms with Gasteiger partial charge in [0.1, 0.15) is 0 Å². The molecule has 0 aliphatic carbocycles. The molecule has 0 aromatic heterocycles. The summed E-state index contributed by atoms with van der Waals surface area (Å²) >= 11 is 0. The summed E-state index contributed by atoms with van der Waals surface area (Å²) in [6.45, 7) is 0. The Bertz CT molecular complexity index is 386. The lowest BCUT2D eigenvalue weighted by Gasteiger charge is -1.95. The molecule has 2 N–H and O–H groups in total. The number of hydrogen-bond donors (Lipinski definition) is 2. The predicted molar refractivity (Wildman–Crippen MR) is 52.7 cm³/mol. The number of rotatable bonds is 4. The van der Waals surface area contributed by atoms with Crippen LogP contribution in [0.1, 0.15) is 0 Å². The van der Waals surface area contributed by atoms with Crippen LogP contribution in [-0.2, 0) is 14.2 Å². The summed E-state index contributed by atoms with van der Waals surface area (Å²) in [4.78, 5) is 21.2. The van der Waals surface area contributed by atoms with Crippen LogP contribution in [0.15, 0.2) is 30.3 Å². The molecule has 0 fully saturated rings. The molecule has 0 saturated carbocycles. The maximum atomic E-state index is 11.6. The molecule has 6 heteroatoms. The van der Waals surface area contributed by atoms with Gasteiger partial charge in [-0.15, -0.1) is 0 Å². The van der Waals surface area contributed by atoms with Crippen LogP contribution in [0.3, 0.4) is 0 Å². The van der Waals surface area contributed by atoms with E-state index in [9.17, 15) is 14.2 Å². The largest absolute Gasteiger partial charge is 0.477 e. The summed E-state index contributed by atoms with van der Waals surface area (Å²) < 4.78 is 11.6. The number of hydrogen-bond acceptors (Lipinski definition) is 3. The molecule has 1 unspecified atom stereocenters. The van der Waals surface area contributed by atoms with E-state index in [1.807, 2.05) is 0 Å². The molecule has 0 heterocycles. The van der Waals surface area contributed by atoms with Gasteiger partial charge in [0, 0.05) is 0 Å². The van der Waals surface area contributed by atoms with Crippen molar-refractivity contribution in [1.29, 1.82) is 0 Å². The van der Waals surface area contributed by atoms with Gasteiger partial charge in [0.05, 0.1) is 0 Å². The first-order valence-electron chi connectivity index (χ1n) is 4.01. The van der Waals surface area contributed by atoms with Crippen molar-refractivity contribution in [2.24, 2.45) is 0 Å². The molecule has 15 heavy (non-hydrogen) atoms. The van der Waals surface area contributed by atoms with Crippen molar-refractivity contribution < 1.29 is 24.4 Å². The van der Waals surface area contributed by atoms with E-state index >= 15 is 0 Å². The predicted octanol–water partition coefficient (Wildman–Crippen LogP) is 0.677. The Hall–Kier alpha value is -1.74. The first-order valence-corrected chi connectivity index (χ1v) is 5.34. The highest BCUT2D eigenvalue weighted by Gasteiger charge is 2.45. The second-order valence-electron chi connectivity index (χ2n) is 2.74. The molecule has 0 bridgehead atoms. The van der Waals surface area contributed by atoms with Crippen molar-refractivity contribution in [3.8, 4) is 0 Å². The van der Waals surface area contributed by atoms with Gasteiger partial charge in [-0.05, 0) is 12.1 Å². The highest BCUT2D eigenvalue weighted by molar-refractivity contribution is 7.56. The Morgan fingerprint density at radius 2 is 1.53 bits per heavy atom. The van der Waals surface area contributed by atoms with Gasteiger partial charge in [-0.25, -0.2) is 9.59 Å². The first-order chi connectivity index (χ1) is 7.04. The van der Waals surface area contributed by atoms with Crippen molar-refractivity contribution >= 4 is 25.0 Å². The molecule has 1 aromatic carbocycles. The quantitative estimate of drug-likeness (QED) is 0.582. The second kappa shape index (κ2) is 4.66. The molecule has 0 aliphatic rings. The minimum Gasteiger partial charge on any atom is -0.477 e. The van der Waals surface area contributed by atoms with E-state index in [4.69, 9.17) is 10.2 Å². The highest BCUT2D eigenvalue weighted by atomic mass is 31.1. The summed E-state index contributed by atoms with van der Waals surface area (Å²) in [5.41, 5.74) is -1.89. The van der Waals surface area contributed by atoms with Crippen molar-refractivity contribution in [3.63, 3.8) is 0 Å². The van der Waals surface area contributed by atoms with Gasteiger partial charge >= 0.3 is 25.4 Å². The van der Waals surface area contributed by atoms with E-state index in [0.717, 1.165) is 0 Å². The average Bonchev–Trinajstić information content (AvgIpc) is 2.18. The molecule has 1 aromatic rings. The van der Waals surface area contributed by atoms with E-state index < -0.39 is 25.4 Å². The number of carbonyl (C=O) groups is 2. The third-order valence-electron chi connectivity index (χ3n) is 1.71. The van der Waals surface area contributed by atoms with Gasteiger partial charge < -0.3 is 10.2 Å². The topological polar surface area (TPSA) is 91.7 Å². The van der Waals surface area contributed by atoms with Gasteiger partial charge in [-0.2, -0.15) is 0 Å². The van der Waals surface area contributed by atoms with E-state index in [-0.39, 0.29) is 5.30 Å². The molecule has 0 aliphatic heterocycles. The standard InChI is InChI=1S/C9H7O5P/c10-8(11)7(9(12)13)15(14)6-4-2-1-3-5-6/h1-5,7H,(H-,10,11,12,13)/p+1. The average molecular weight is 227 g/mol. The molecule has 5 nitrogen and oxygen atoms in total. The van der Waals surface area contributed by atoms with Crippen LogP contribution in [0.2, 0.25) is 0 Å². The van der Waals surface area contributed by atoms with Crippen molar-refractivity contribution in [2.45, 2.75) is 5.66 Å². The third-order valence-corrected chi connectivity index (χ3v) is 3.43. The van der Waals surface area contributed by atoms with Gasteiger partial charge in [0.2, 0.25) is 0 Å². The van der Waals surface area contributed by atoms with Gasteiger partial charge in [-0.1, -0.05) is 22.8 Å². The highest BCUT2D eigenvalue weighted by Crippen LogP contribution is 2.27. The summed E-state index contributed by atoms with van der Waals surface area (Å²) in [6, 6.07) is 7.70. The minimum absolute atomic E-state index is 0.224. The summed E-state index contributed by atoms with van der Waals surface area (Å²) in [5.74, 6) is -3.18. The van der Waals surface area contributed by atoms with Crippen LogP contribution in [0.25, 0.3) is 0 Å². The van der Waals surface area contributed by atoms with Crippen LogP contribution in [0.4, 0.5) is 0 Å². The molecular weight excluding hydrogens is 219 g/mol. The Morgan fingerprint density at radius 1 is 1.07 bits per heavy atom. The Kier molecular flexibility index (Phi) is 3.52. The SMILES string of the molecule is O=C(O)C(C(=O)O)[P+](=O)c1ccccc1. The second-order valence-corrected chi connectivity index (χ2v) is 4.42. The Balaban J connectivity index is 3.02. The molecule has 1 rings (SSSR count). The number of carboxylic acid groups (broad SMARTS) is 2. The monoisotopic (exact) mass is 227 g/mol. The number of carboxylic acids is 2. The van der Waals surface area contributed by atoms with Gasteiger partial charge in [-0.3, -0.25) is 0 Å². The molecular formula is C9H8O5P+. The van der Waals surface area contributed by atoms with Crippen LogP contribution < -0.4 is 5.30 Å². The summed E-state index contributed by atoms with van der Waals surface area (Å²) in [7, 11) is -2.47. The minimum atomic E-state index is -2.47. The van der Waals surface area contributed by atoms with Crippen LogP contribution in [0.5, 0.6) is 0 Å². The van der Waals surface area contributed by atoms with E-state index in [1.165, 1.54) is 12.1 Å². The van der Waals surface area contributed by atoms with Crippen molar-refractivity contribution in [2.75, 3.05) is 0 Å². The molecule has 0 amide bonds. The zero-order chi connectivity index (χ0) is 11.4. The summed E-state index contributed by atoms with van der Waals surface area (Å²) in [6.07, 6.45) is 0. The fraction of sp³-hybridized carbons (Fsp3) is 0.111. The van der Waals surface area contributed by atoms with E-state index in [2.05, 4.69) is 0 Å². The van der Waals surface area contributed by atoms with E-state index in [1.54, 1.807) is 18.2 Å². The third kappa shape index (κ3) is 2.60. The normalized spacial score (nSPS) is 11.1. The van der Waals surface area contributed by atoms with Gasteiger partial charge in [0.15, 0.2) is 5.30 Å². The Morgan fingerprint density at radius 3 is 1.93 bits per heavy atom. The maximum absolute atomic E-state index is 11.6. The smallest absolute Gasteiger partial charge is 0.403 e. The lowest BCUT2D eigenvalue weighted by atomic mass is 10.4. The number of aliphatic carboxylic acids is 2. The van der Waals surface area contributed by atoms with Crippen molar-refractivity contribution in [1.82, 2.24) is 0 Å². The van der Waals surface area contributed by atoms with Crippen LogP contribution >= 0.6 is 7.80 Å². The zero-order valence-corrected chi connectivity index (χ0v) is 8.42. The number of benzene rings is 1. The Labute approximate surface area is 86.1 Å². The van der Waals surface area contributed by atoms with Crippen molar-refractivity contribution in [3.05, 3.63) is 30.3 Å². The lowest BCUT2D eigenvalue weighted by Crippen LogP contribution is -2.28. The van der Waals surface area contributed by atoms with E-state index in [0.29, 0.717) is 0 Å². The maximum Gasteiger partial charge on any atom is 0.403 e. The molecule has 0 radical (unpaired) electrons. The molecule has 0 spiro atoms. The fourth-order valence-corrected chi connectivity index (χ4v) is 2.20. The zero-order valence-electron chi connectivity index (χ0n) is 7.53. The summed E-state index contributed by atoms with van der Waals surface area (Å²) in [5, 5.41) is 17.4. The molecule has 1 atom stereocenters.